The molecule has 30 heavy (non-hydrogen) atoms. The summed E-state index contributed by atoms with van der Waals surface area (Å²) in [4.78, 5) is 4.60. The van der Waals surface area contributed by atoms with Crippen molar-refractivity contribution in [2.75, 3.05) is 9.80 Å². The van der Waals surface area contributed by atoms with E-state index in [1.165, 1.54) is 33.6 Å². The summed E-state index contributed by atoms with van der Waals surface area (Å²) in [5.41, 5.74) is 8.06. The summed E-state index contributed by atoms with van der Waals surface area (Å²) in [6, 6.07) is 13.4. The molecule has 0 N–H and O–H groups in total. The van der Waals surface area contributed by atoms with Crippen LogP contribution in [0.2, 0.25) is 0 Å². The molecule has 2 aromatic rings. The van der Waals surface area contributed by atoms with E-state index in [0.29, 0.717) is 23.7 Å². The molecule has 2 heteroatoms. The van der Waals surface area contributed by atoms with E-state index in [4.69, 9.17) is 0 Å². The van der Waals surface area contributed by atoms with Crippen molar-refractivity contribution in [3.63, 3.8) is 0 Å². The summed E-state index contributed by atoms with van der Waals surface area (Å²) >= 11 is 0. The molecular weight excluding hydrogens is 364 g/mol. The lowest BCUT2D eigenvalue weighted by molar-refractivity contribution is 0.820. The summed E-state index contributed by atoms with van der Waals surface area (Å²) < 4.78 is 0. The van der Waals surface area contributed by atoms with Crippen LogP contribution in [0, 0.1) is 0 Å². The summed E-state index contributed by atoms with van der Waals surface area (Å²) in [7, 11) is 0. The fraction of sp³-hybridized carbons (Fsp3) is 0.429. The Morgan fingerprint density at radius 3 is 1.03 bits per heavy atom. The number of anilines is 2. The standard InChI is InChI=1S/C28H38N2/c1-18(2)23-12-10-13-24(19(3)4)27(23)29-16-17-30(22(29)9)28-25(20(5)6)14-11-15-26(28)21(7)8/h10-21H,9H2,1-8H3. The zero-order chi connectivity index (χ0) is 22.2. The average Bonchev–Trinajstić information content (AvgIpc) is 3.07. The molecule has 3 rings (SSSR count). The molecule has 1 heterocycles. The Balaban J connectivity index is 2.14. The molecule has 0 radical (unpaired) electrons. The topological polar surface area (TPSA) is 6.48 Å². The third-order valence-electron chi connectivity index (χ3n) is 6.09. The van der Waals surface area contributed by atoms with Crippen molar-refractivity contribution in [2.45, 2.75) is 79.1 Å². The fourth-order valence-electron chi connectivity index (χ4n) is 4.41. The van der Waals surface area contributed by atoms with Crippen LogP contribution in [0.4, 0.5) is 11.4 Å². The summed E-state index contributed by atoms with van der Waals surface area (Å²) in [5.74, 6) is 2.79. The second-order valence-corrected chi connectivity index (χ2v) is 9.64. The zero-order valence-electron chi connectivity index (χ0n) is 20.0. The maximum atomic E-state index is 4.56. The fourth-order valence-corrected chi connectivity index (χ4v) is 4.41. The van der Waals surface area contributed by atoms with Gasteiger partial charge in [0.05, 0.1) is 11.4 Å². The first-order valence-corrected chi connectivity index (χ1v) is 11.4. The number of hydrogen-bond acceptors (Lipinski definition) is 2. The zero-order valence-corrected chi connectivity index (χ0v) is 20.0. The normalized spacial score (nSPS) is 14.3. The van der Waals surface area contributed by atoms with Crippen LogP contribution in [-0.4, -0.2) is 0 Å². The Hall–Kier alpha value is -2.48. The minimum Gasteiger partial charge on any atom is -0.301 e. The Bertz CT molecular complexity index is 819. The van der Waals surface area contributed by atoms with Crippen molar-refractivity contribution < 1.29 is 0 Å². The smallest absolute Gasteiger partial charge is 0.114 e. The van der Waals surface area contributed by atoms with Crippen LogP contribution in [-0.2, 0) is 0 Å². The number of rotatable bonds is 6. The number of benzene rings is 2. The molecule has 0 aromatic heterocycles. The van der Waals surface area contributed by atoms with Crippen LogP contribution in [0.1, 0.15) is 101 Å². The van der Waals surface area contributed by atoms with Crippen molar-refractivity contribution in [1.82, 2.24) is 0 Å². The number of nitrogens with zero attached hydrogens (tertiary/aromatic N) is 2. The predicted molar refractivity (Wildman–Crippen MR) is 132 cm³/mol. The summed E-state index contributed by atoms with van der Waals surface area (Å²) in [6.07, 6.45) is 4.38. The number of para-hydroxylation sites is 2. The molecule has 0 saturated heterocycles. The van der Waals surface area contributed by atoms with Gasteiger partial charge in [-0.25, -0.2) is 0 Å². The highest BCUT2D eigenvalue weighted by molar-refractivity contribution is 5.76. The van der Waals surface area contributed by atoms with E-state index in [0.717, 1.165) is 5.82 Å². The van der Waals surface area contributed by atoms with Crippen molar-refractivity contribution >= 4 is 11.4 Å². The van der Waals surface area contributed by atoms with Crippen LogP contribution in [0.15, 0.2) is 61.2 Å². The Morgan fingerprint density at radius 1 is 0.533 bits per heavy atom. The predicted octanol–water partition coefficient (Wildman–Crippen LogP) is 8.45. The average molecular weight is 403 g/mol. The molecule has 0 fully saturated rings. The molecule has 0 spiro atoms. The molecule has 160 valence electrons. The highest BCUT2D eigenvalue weighted by Crippen LogP contribution is 2.43. The number of hydrogen-bond donors (Lipinski definition) is 0. The van der Waals surface area contributed by atoms with Crippen LogP contribution in [0.5, 0.6) is 0 Å². The lowest BCUT2D eigenvalue weighted by Crippen LogP contribution is -2.25. The molecule has 1 aliphatic heterocycles. The minimum absolute atomic E-state index is 0.447. The third kappa shape index (κ3) is 3.93. The molecule has 0 amide bonds. The first-order valence-electron chi connectivity index (χ1n) is 11.4. The van der Waals surface area contributed by atoms with E-state index in [1.54, 1.807) is 0 Å². The molecule has 2 nitrogen and oxygen atoms in total. The van der Waals surface area contributed by atoms with E-state index in [-0.39, 0.29) is 0 Å². The van der Waals surface area contributed by atoms with Gasteiger partial charge in [-0.2, -0.15) is 0 Å². The van der Waals surface area contributed by atoms with Gasteiger partial charge in [-0.3, -0.25) is 0 Å². The van der Waals surface area contributed by atoms with Crippen molar-refractivity contribution in [1.29, 1.82) is 0 Å². The molecule has 1 aliphatic rings. The van der Waals surface area contributed by atoms with Crippen LogP contribution >= 0.6 is 0 Å². The molecule has 0 atom stereocenters. The first kappa shape index (κ1) is 22.2. The van der Waals surface area contributed by atoms with Gasteiger partial charge in [0.25, 0.3) is 0 Å². The quantitative estimate of drug-likeness (QED) is 0.478. The molecule has 0 saturated carbocycles. The lowest BCUT2D eigenvalue weighted by Gasteiger charge is -2.32. The van der Waals surface area contributed by atoms with Crippen LogP contribution in [0.25, 0.3) is 0 Å². The van der Waals surface area contributed by atoms with Crippen LogP contribution < -0.4 is 9.80 Å². The largest absolute Gasteiger partial charge is 0.301 e. The molecule has 0 bridgehead atoms. The maximum absolute atomic E-state index is 4.56. The second kappa shape index (κ2) is 8.71. The second-order valence-electron chi connectivity index (χ2n) is 9.64. The SMILES string of the molecule is C=C1N(c2c(C(C)C)cccc2C(C)C)C=CN1c1c(C(C)C)cccc1C(C)C. The Morgan fingerprint density at radius 2 is 0.800 bits per heavy atom. The van der Waals surface area contributed by atoms with Gasteiger partial charge < -0.3 is 9.80 Å². The van der Waals surface area contributed by atoms with Gasteiger partial charge in [0.1, 0.15) is 5.82 Å². The van der Waals surface area contributed by atoms with E-state index < -0.39 is 0 Å². The maximum Gasteiger partial charge on any atom is 0.114 e. The van der Waals surface area contributed by atoms with Gasteiger partial charge in [0.15, 0.2) is 0 Å². The molecule has 0 unspecified atom stereocenters. The minimum atomic E-state index is 0.447. The van der Waals surface area contributed by atoms with Crippen molar-refractivity contribution in [3.8, 4) is 0 Å². The molecule has 0 aliphatic carbocycles. The van der Waals surface area contributed by atoms with E-state index in [1.807, 2.05) is 0 Å². The van der Waals surface area contributed by atoms with Gasteiger partial charge in [-0.05, 0) is 45.9 Å². The summed E-state index contributed by atoms with van der Waals surface area (Å²) in [6.45, 7) is 22.7. The van der Waals surface area contributed by atoms with Gasteiger partial charge >= 0.3 is 0 Å². The monoisotopic (exact) mass is 402 g/mol. The molecular formula is C28H38N2. The Kier molecular flexibility index (Phi) is 6.45. The first-order chi connectivity index (χ1) is 14.1. The van der Waals surface area contributed by atoms with E-state index in [2.05, 4.69) is 121 Å². The Labute approximate surface area is 183 Å². The van der Waals surface area contributed by atoms with Crippen LogP contribution in [0.3, 0.4) is 0 Å². The van der Waals surface area contributed by atoms with Gasteiger partial charge in [-0.15, -0.1) is 0 Å². The van der Waals surface area contributed by atoms with Gasteiger partial charge in [0, 0.05) is 12.4 Å². The van der Waals surface area contributed by atoms with Gasteiger partial charge in [-0.1, -0.05) is 98.4 Å². The van der Waals surface area contributed by atoms with E-state index in [9.17, 15) is 0 Å². The highest BCUT2D eigenvalue weighted by atomic mass is 15.4. The molecule has 2 aromatic carbocycles. The summed E-state index contributed by atoms with van der Waals surface area (Å²) in [5, 5.41) is 0. The van der Waals surface area contributed by atoms with E-state index >= 15 is 0 Å². The van der Waals surface area contributed by atoms with Crippen molar-refractivity contribution in [2.24, 2.45) is 0 Å². The highest BCUT2D eigenvalue weighted by Gasteiger charge is 2.29. The third-order valence-corrected chi connectivity index (χ3v) is 6.09. The van der Waals surface area contributed by atoms with Crippen molar-refractivity contribution in [3.05, 3.63) is 83.5 Å². The lowest BCUT2D eigenvalue weighted by atomic mass is 9.91. The van der Waals surface area contributed by atoms with Gasteiger partial charge in [0.2, 0.25) is 0 Å².